The van der Waals surface area contributed by atoms with Gasteiger partial charge in [-0.05, 0) is 0 Å². The Hall–Kier alpha value is -1.77. The average Bonchev–Trinajstić information content (AvgIpc) is 3.16. The number of aromatic nitrogens is 3. The lowest BCUT2D eigenvalue weighted by atomic mass is 10.1. The van der Waals surface area contributed by atoms with E-state index in [2.05, 4.69) is 15.3 Å². The Morgan fingerprint density at radius 2 is 2.45 bits per heavy atom. The van der Waals surface area contributed by atoms with Gasteiger partial charge in [0.2, 0.25) is 0 Å². The van der Waals surface area contributed by atoms with E-state index in [1.807, 2.05) is 22.7 Å². The molecule has 1 atom stereocenters. The van der Waals surface area contributed by atoms with Crippen LogP contribution < -0.4 is 5.32 Å². The molecule has 1 unspecified atom stereocenters. The van der Waals surface area contributed by atoms with Crippen LogP contribution in [0.2, 0.25) is 0 Å². The number of nitrogens with zero attached hydrogens (tertiary/aromatic N) is 4. The lowest BCUT2D eigenvalue weighted by Gasteiger charge is -2.35. The quantitative estimate of drug-likeness (QED) is 0.902. The van der Waals surface area contributed by atoms with Crippen molar-refractivity contribution in [1.29, 1.82) is 0 Å². The Balaban J connectivity index is 1.83. The van der Waals surface area contributed by atoms with Gasteiger partial charge in [-0.15, -0.1) is 11.3 Å². The minimum Gasteiger partial charge on any atom is -0.378 e. The van der Waals surface area contributed by atoms with Gasteiger partial charge in [0.05, 0.1) is 6.61 Å². The van der Waals surface area contributed by atoms with Gasteiger partial charge in [-0.2, -0.15) is 0 Å². The number of imidazole rings is 1. The highest BCUT2D eigenvalue weighted by Gasteiger charge is 2.32. The Bertz CT molecular complexity index is 653. The van der Waals surface area contributed by atoms with E-state index >= 15 is 0 Å². The number of hydrogen-bond donors (Lipinski definition) is 1. The summed E-state index contributed by atoms with van der Waals surface area (Å²) < 4.78 is 7.02. The zero-order chi connectivity index (χ0) is 15.5. The van der Waals surface area contributed by atoms with E-state index in [1.165, 1.54) is 11.3 Å². The molecule has 1 amide bonds. The first kappa shape index (κ1) is 15.1. The lowest BCUT2D eigenvalue weighted by Crippen LogP contribution is -2.49. The van der Waals surface area contributed by atoms with Crippen molar-refractivity contribution in [3.63, 3.8) is 0 Å². The number of piperazine rings is 1. The molecule has 8 heteroatoms. The standard InChI is InChI=1S/C14H19N5O2S/c1-18-5-4-16-13(18)11-7-15-3-6-19(11)14(20)10-9-22-12(17-10)8-21-2/h4-5,9,11,15H,3,6-8H2,1-2H3. The van der Waals surface area contributed by atoms with Crippen molar-refractivity contribution in [2.24, 2.45) is 7.05 Å². The van der Waals surface area contributed by atoms with Gasteiger partial charge in [0.1, 0.15) is 22.6 Å². The summed E-state index contributed by atoms with van der Waals surface area (Å²) in [7, 11) is 3.56. The topological polar surface area (TPSA) is 72.3 Å². The number of rotatable bonds is 4. The second kappa shape index (κ2) is 6.55. The van der Waals surface area contributed by atoms with Crippen LogP contribution in [0.1, 0.15) is 27.4 Å². The SMILES string of the molecule is COCc1nc(C(=O)N2CCNCC2c2nccn2C)cs1. The maximum atomic E-state index is 12.8. The second-order valence-corrected chi connectivity index (χ2v) is 6.12. The fourth-order valence-electron chi connectivity index (χ4n) is 2.62. The summed E-state index contributed by atoms with van der Waals surface area (Å²) >= 11 is 1.45. The number of methoxy groups -OCH3 is 1. The van der Waals surface area contributed by atoms with E-state index in [0.717, 1.165) is 17.4 Å². The molecule has 3 heterocycles. The predicted molar refractivity (Wildman–Crippen MR) is 82.7 cm³/mol. The molecule has 2 aromatic heterocycles. The summed E-state index contributed by atoms with van der Waals surface area (Å²) in [6.45, 7) is 2.56. The van der Waals surface area contributed by atoms with E-state index in [-0.39, 0.29) is 11.9 Å². The average molecular weight is 321 g/mol. The smallest absolute Gasteiger partial charge is 0.274 e. The van der Waals surface area contributed by atoms with E-state index < -0.39 is 0 Å². The third kappa shape index (κ3) is 2.90. The molecule has 0 spiro atoms. The summed E-state index contributed by atoms with van der Waals surface area (Å²) in [5.74, 6) is 0.834. The van der Waals surface area contributed by atoms with Gasteiger partial charge in [-0.3, -0.25) is 4.79 Å². The van der Waals surface area contributed by atoms with Crippen LogP contribution in [0, 0.1) is 0 Å². The van der Waals surface area contributed by atoms with Crippen LogP contribution in [0.15, 0.2) is 17.8 Å². The molecule has 1 N–H and O–H groups in total. The molecular formula is C14H19N5O2S. The van der Waals surface area contributed by atoms with Crippen LogP contribution in [0.4, 0.5) is 0 Å². The zero-order valence-electron chi connectivity index (χ0n) is 12.7. The van der Waals surface area contributed by atoms with Gasteiger partial charge in [0.25, 0.3) is 5.91 Å². The molecule has 22 heavy (non-hydrogen) atoms. The number of carbonyl (C=O) groups excluding carboxylic acids is 1. The highest BCUT2D eigenvalue weighted by Crippen LogP contribution is 2.23. The Labute approximate surface area is 132 Å². The third-order valence-corrected chi connectivity index (χ3v) is 4.52. The molecule has 0 radical (unpaired) electrons. The van der Waals surface area contributed by atoms with Crippen LogP contribution in [0.3, 0.4) is 0 Å². The first-order chi connectivity index (χ1) is 10.7. The number of carbonyl (C=O) groups is 1. The second-order valence-electron chi connectivity index (χ2n) is 5.17. The van der Waals surface area contributed by atoms with E-state index in [0.29, 0.717) is 25.4 Å². The molecule has 3 rings (SSSR count). The largest absolute Gasteiger partial charge is 0.378 e. The molecular weight excluding hydrogens is 302 g/mol. The van der Waals surface area contributed by atoms with Gasteiger partial charge in [-0.25, -0.2) is 9.97 Å². The number of amides is 1. The molecule has 118 valence electrons. The lowest BCUT2D eigenvalue weighted by molar-refractivity contribution is 0.0615. The summed E-state index contributed by atoms with van der Waals surface area (Å²) in [4.78, 5) is 23.4. The summed E-state index contributed by atoms with van der Waals surface area (Å²) in [5.41, 5.74) is 0.484. The first-order valence-corrected chi connectivity index (χ1v) is 8.01. The van der Waals surface area contributed by atoms with Crippen molar-refractivity contribution in [1.82, 2.24) is 24.8 Å². The van der Waals surface area contributed by atoms with Crippen molar-refractivity contribution in [2.75, 3.05) is 26.7 Å². The Kier molecular flexibility index (Phi) is 4.51. The van der Waals surface area contributed by atoms with Crippen molar-refractivity contribution >= 4 is 17.2 Å². The van der Waals surface area contributed by atoms with Crippen LogP contribution in [-0.2, 0) is 18.4 Å². The highest BCUT2D eigenvalue weighted by molar-refractivity contribution is 7.09. The van der Waals surface area contributed by atoms with Gasteiger partial charge in [-0.1, -0.05) is 0 Å². The van der Waals surface area contributed by atoms with E-state index in [1.54, 1.807) is 18.7 Å². The molecule has 1 fully saturated rings. The molecule has 7 nitrogen and oxygen atoms in total. The molecule has 1 saturated heterocycles. The highest BCUT2D eigenvalue weighted by atomic mass is 32.1. The van der Waals surface area contributed by atoms with Crippen molar-refractivity contribution in [3.8, 4) is 0 Å². The summed E-state index contributed by atoms with van der Waals surface area (Å²) in [6, 6.07) is -0.0752. The van der Waals surface area contributed by atoms with Crippen LogP contribution in [0.5, 0.6) is 0 Å². The maximum absolute atomic E-state index is 12.8. The van der Waals surface area contributed by atoms with Crippen molar-refractivity contribution in [2.45, 2.75) is 12.6 Å². The minimum atomic E-state index is -0.0752. The first-order valence-electron chi connectivity index (χ1n) is 7.13. The fraction of sp³-hybridized carbons (Fsp3) is 0.500. The number of hydrogen-bond acceptors (Lipinski definition) is 6. The summed E-state index contributed by atoms with van der Waals surface area (Å²) in [6.07, 6.45) is 3.65. The van der Waals surface area contributed by atoms with Gasteiger partial charge in [0.15, 0.2) is 0 Å². The zero-order valence-corrected chi connectivity index (χ0v) is 13.5. The van der Waals surface area contributed by atoms with Gasteiger partial charge < -0.3 is 19.5 Å². The monoisotopic (exact) mass is 321 g/mol. The van der Waals surface area contributed by atoms with Crippen molar-refractivity contribution in [3.05, 3.63) is 34.3 Å². The number of ether oxygens (including phenoxy) is 1. The molecule has 1 aliphatic heterocycles. The minimum absolute atomic E-state index is 0.0481. The Morgan fingerprint density at radius 3 is 3.18 bits per heavy atom. The summed E-state index contributed by atoms with van der Waals surface area (Å²) in [5, 5.41) is 5.94. The molecule has 0 aromatic carbocycles. The number of nitrogens with one attached hydrogen (secondary N) is 1. The normalized spacial score (nSPS) is 18.6. The van der Waals surface area contributed by atoms with E-state index in [4.69, 9.17) is 4.74 Å². The predicted octanol–water partition coefficient (Wildman–Crippen LogP) is 0.810. The van der Waals surface area contributed by atoms with Crippen LogP contribution >= 0.6 is 11.3 Å². The number of aryl methyl sites for hydroxylation is 1. The van der Waals surface area contributed by atoms with Crippen LogP contribution in [0.25, 0.3) is 0 Å². The Morgan fingerprint density at radius 1 is 1.59 bits per heavy atom. The maximum Gasteiger partial charge on any atom is 0.274 e. The van der Waals surface area contributed by atoms with Crippen LogP contribution in [-0.4, -0.2) is 52.1 Å². The molecule has 0 aliphatic carbocycles. The molecule has 0 saturated carbocycles. The number of thiazole rings is 1. The third-order valence-electron chi connectivity index (χ3n) is 3.70. The van der Waals surface area contributed by atoms with E-state index in [9.17, 15) is 4.79 Å². The van der Waals surface area contributed by atoms with Gasteiger partial charge >= 0.3 is 0 Å². The molecule has 2 aromatic rings. The van der Waals surface area contributed by atoms with Gasteiger partial charge in [0, 0.05) is 51.6 Å². The molecule has 1 aliphatic rings. The molecule has 0 bridgehead atoms. The fourth-order valence-corrected chi connectivity index (χ4v) is 3.36. The van der Waals surface area contributed by atoms with Crippen molar-refractivity contribution < 1.29 is 9.53 Å².